The van der Waals surface area contributed by atoms with Crippen molar-refractivity contribution < 1.29 is 0 Å². The van der Waals surface area contributed by atoms with Gasteiger partial charge in [-0.25, -0.2) is 4.98 Å². The van der Waals surface area contributed by atoms with E-state index in [1.807, 2.05) is 6.20 Å². The van der Waals surface area contributed by atoms with Crippen molar-refractivity contribution in [2.75, 3.05) is 6.54 Å². The number of hydrogen-bond acceptors (Lipinski definition) is 2. The summed E-state index contributed by atoms with van der Waals surface area (Å²) >= 11 is 0. The second-order valence-electron chi connectivity index (χ2n) is 4.78. The number of imidazole rings is 1. The molecule has 0 saturated heterocycles. The minimum absolute atomic E-state index is 0.0331. The Morgan fingerprint density at radius 1 is 1.56 bits per heavy atom. The van der Waals surface area contributed by atoms with Crippen molar-refractivity contribution in [1.82, 2.24) is 15.3 Å². The highest BCUT2D eigenvalue weighted by molar-refractivity contribution is 5.78. The van der Waals surface area contributed by atoms with Gasteiger partial charge < -0.3 is 16.0 Å². The molecule has 0 aliphatic rings. The Balaban J connectivity index is 2.21. The molecule has 0 unspecified atom stereocenters. The van der Waals surface area contributed by atoms with Gasteiger partial charge >= 0.3 is 0 Å². The minimum Gasteiger partial charge on any atom is -0.370 e. The van der Waals surface area contributed by atoms with Gasteiger partial charge in [0.25, 0.3) is 0 Å². The molecule has 0 bridgehead atoms. The van der Waals surface area contributed by atoms with Crippen LogP contribution in [0.5, 0.6) is 0 Å². The van der Waals surface area contributed by atoms with Gasteiger partial charge in [0.05, 0.1) is 0 Å². The molecule has 0 radical (unpaired) electrons. The lowest BCUT2D eigenvalue weighted by Crippen LogP contribution is -2.45. The Bertz CT molecular complexity index is 321. The zero-order valence-corrected chi connectivity index (χ0v) is 10.2. The quantitative estimate of drug-likeness (QED) is 0.405. The van der Waals surface area contributed by atoms with Gasteiger partial charge in [0.2, 0.25) is 0 Å². The molecule has 0 fully saturated rings. The molecule has 0 spiro atoms. The molecule has 90 valence electrons. The van der Waals surface area contributed by atoms with E-state index in [0.717, 1.165) is 25.2 Å². The number of hydrogen-bond donors (Lipinski definition) is 3. The minimum atomic E-state index is -0.0331. The van der Waals surface area contributed by atoms with Gasteiger partial charge in [0.15, 0.2) is 5.96 Å². The van der Waals surface area contributed by atoms with Crippen molar-refractivity contribution in [3.05, 3.63) is 18.2 Å². The molecule has 5 heteroatoms. The third kappa shape index (κ3) is 5.38. The molecule has 1 aromatic rings. The largest absolute Gasteiger partial charge is 0.370 e. The Labute approximate surface area is 96.6 Å². The van der Waals surface area contributed by atoms with E-state index >= 15 is 0 Å². The molecule has 1 heterocycles. The fraction of sp³-hybridized carbons (Fsp3) is 0.636. The smallest absolute Gasteiger partial charge is 0.188 e. The van der Waals surface area contributed by atoms with Crippen LogP contribution in [0.2, 0.25) is 0 Å². The maximum atomic E-state index is 5.73. The molecule has 1 aromatic heterocycles. The van der Waals surface area contributed by atoms with Crippen molar-refractivity contribution in [2.24, 2.45) is 10.7 Å². The third-order valence-corrected chi connectivity index (χ3v) is 1.91. The zero-order valence-electron chi connectivity index (χ0n) is 10.2. The second-order valence-corrected chi connectivity index (χ2v) is 4.78. The van der Waals surface area contributed by atoms with Gasteiger partial charge in [0.1, 0.15) is 5.82 Å². The third-order valence-electron chi connectivity index (χ3n) is 1.91. The lowest BCUT2D eigenvalue weighted by atomic mass is 10.1. The number of nitrogens with two attached hydrogens (primary N) is 1. The first kappa shape index (κ1) is 12.5. The van der Waals surface area contributed by atoms with Gasteiger partial charge in [-0.2, -0.15) is 0 Å². The second kappa shape index (κ2) is 5.53. The summed E-state index contributed by atoms with van der Waals surface area (Å²) in [6, 6.07) is 0. The predicted molar refractivity (Wildman–Crippen MR) is 66.3 cm³/mol. The molecule has 0 saturated carbocycles. The Hall–Kier alpha value is -1.52. The van der Waals surface area contributed by atoms with Crippen LogP contribution in [0.4, 0.5) is 0 Å². The van der Waals surface area contributed by atoms with Crippen molar-refractivity contribution in [2.45, 2.75) is 39.2 Å². The number of aryl methyl sites for hydroxylation is 1. The van der Waals surface area contributed by atoms with Crippen LogP contribution in [0.1, 0.15) is 33.0 Å². The number of nitrogens with zero attached hydrogens (tertiary/aromatic N) is 2. The van der Waals surface area contributed by atoms with Crippen molar-refractivity contribution in [3.8, 4) is 0 Å². The monoisotopic (exact) mass is 223 g/mol. The van der Waals surface area contributed by atoms with Crippen molar-refractivity contribution in [3.63, 3.8) is 0 Å². The molecular formula is C11H21N5. The number of rotatable bonds is 4. The first-order chi connectivity index (χ1) is 7.47. The van der Waals surface area contributed by atoms with Gasteiger partial charge in [-0.15, -0.1) is 0 Å². The van der Waals surface area contributed by atoms with Gasteiger partial charge in [-0.05, 0) is 27.2 Å². The van der Waals surface area contributed by atoms with Gasteiger partial charge in [-0.3, -0.25) is 4.99 Å². The topological polar surface area (TPSA) is 79.1 Å². The zero-order chi connectivity index (χ0) is 12.0. The number of aromatic nitrogens is 2. The molecular weight excluding hydrogens is 202 g/mol. The summed E-state index contributed by atoms with van der Waals surface area (Å²) in [4.78, 5) is 11.4. The summed E-state index contributed by atoms with van der Waals surface area (Å²) < 4.78 is 0. The van der Waals surface area contributed by atoms with Crippen molar-refractivity contribution in [1.29, 1.82) is 0 Å². The van der Waals surface area contributed by atoms with Crippen LogP contribution >= 0.6 is 0 Å². The van der Waals surface area contributed by atoms with E-state index in [-0.39, 0.29) is 5.54 Å². The first-order valence-electron chi connectivity index (χ1n) is 5.54. The first-order valence-corrected chi connectivity index (χ1v) is 5.54. The van der Waals surface area contributed by atoms with Crippen LogP contribution in [-0.4, -0.2) is 28.0 Å². The van der Waals surface area contributed by atoms with E-state index in [9.17, 15) is 0 Å². The van der Waals surface area contributed by atoms with Crippen LogP contribution in [0, 0.1) is 0 Å². The summed E-state index contributed by atoms with van der Waals surface area (Å²) in [5.41, 5.74) is 5.70. The van der Waals surface area contributed by atoms with E-state index in [2.05, 4.69) is 41.0 Å². The maximum Gasteiger partial charge on any atom is 0.188 e. The standard InChI is InChI=1S/C11H21N5/c1-11(2,3)16-10(12)15-6-4-5-9-13-7-8-14-9/h7-8H,4-6H2,1-3H3,(H,13,14)(H3,12,15,16). The van der Waals surface area contributed by atoms with Crippen LogP contribution in [0.25, 0.3) is 0 Å². The fourth-order valence-electron chi connectivity index (χ4n) is 1.30. The van der Waals surface area contributed by atoms with Crippen molar-refractivity contribution >= 4 is 5.96 Å². The Morgan fingerprint density at radius 2 is 2.31 bits per heavy atom. The molecule has 16 heavy (non-hydrogen) atoms. The highest BCUT2D eigenvalue weighted by Gasteiger charge is 2.09. The summed E-state index contributed by atoms with van der Waals surface area (Å²) in [6.45, 7) is 6.88. The highest BCUT2D eigenvalue weighted by atomic mass is 15.1. The average molecular weight is 223 g/mol. The Morgan fingerprint density at radius 3 is 2.88 bits per heavy atom. The molecule has 5 nitrogen and oxygen atoms in total. The fourth-order valence-corrected chi connectivity index (χ4v) is 1.30. The average Bonchev–Trinajstić information content (AvgIpc) is 2.62. The number of H-pyrrole nitrogens is 1. The van der Waals surface area contributed by atoms with Gasteiger partial charge in [-0.1, -0.05) is 0 Å². The van der Waals surface area contributed by atoms with Crippen LogP contribution in [0.3, 0.4) is 0 Å². The molecule has 0 aliphatic heterocycles. The molecule has 0 atom stereocenters. The molecule has 1 rings (SSSR count). The SMILES string of the molecule is CC(C)(C)NC(N)=NCCCc1ncc[nH]1. The van der Waals surface area contributed by atoms with E-state index in [0.29, 0.717) is 5.96 Å². The molecule has 4 N–H and O–H groups in total. The predicted octanol–water partition coefficient (Wildman–Crippen LogP) is 1.05. The van der Waals surface area contributed by atoms with E-state index in [1.54, 1.807) is 6.20 Å². The highest BCUT2D eigenvalue weighted by Crippen LogP contribution is 1.98. The molecule has 0 aliphatic carbocycles. The maximum absolute atomic E-state index is 5.73. The lowest BCUT2D eigenvalue weighted by molar-refractivity contribution is 0.508. The van der Waals surface area contributed by atoms with E-state index in [1.165, 1.54) is 0 Å². The summed E-state index contributed by atoms with van der Waals surface area (Å²) in [5, 5.41) is 3.12. The van der Waals surface area contributed by atoms with Crippen LogP contribution < -0.4 is 11.1 Å². The van der Waals surface area contributed by atoms with Crippen LogP contribution in [0.15, 0.2) is 17.4 Å². The van der Waals surface area contributed by atoms with E-state index in [4.69, 9.17) is 5.73 Å². The summed E-state index contributed by atoms with van der Waals surface area (Å²) in [6.07, 6.45) is 5.43. The number of aromatic amines is 1. The lowest BCUT2D eigenvalue weighted by Gasteiger charge is -2.20. The number of nitrogens with one attached hydrogen (secondary N) is 2. The summed E-state index contributed by atoms with van der Waals surface area (Å²) in [7, 11) is 0. The van der Waals surface area contributed by atoms with E-state index < -0.39 is 0 Å². The Kier molecular flexibility index (Phi) is 4.34. The van der Waals surface area contributed by atoms with Gasteiger partial charge in [0, 0.05) is 30.9 Å². The number of aliphatic imine (C=N–C) groups is 1. The molecule has 0 aromatic carbocycles. The normalized spacial score (nSPS) is 12.8. The number of guanidine groups is 1. The van der Waals surface area contributed by atoms with Crippen LogP contribution in [-0.2, 0) is 6.42 Å². The summed E-state index contributed by atoms with van der Waals surface area (Å²) in [5.74, 6) is 1.50. The molecule has 0 amide bonds.